The Morgan fingerprint density at radius 2 is 1.90 bits per heavy atom. The summed E-state index contributed by atoms with van der Waals surface area (Å²) in [7, 11) is -1.48. The number of nitrogens with one attached hydrogen (secondary N) is 2. The van der Waals surface area contributed by atoms with Gasteiger partial charge in [0, 0.05) is 25.7 Å². The van der Waals surface area contributed by atoms with Gasteiger partial charge in [-0.3, -0.25) is 0 Å². The predicted octanol–water partition coefficient (Wildman–Crippen LogP) is 1.41. The minimum absolute atomic E-state index is 0.359. The van der Waals surface area contributed by atoms with E-state index in [4.69, 9.17) is 0 Å². The summed E-state index contributed by atoms with van der Waals surface area (Å²) >= 11 is 0. The molecule has 0 saturated heterocycles. The van der Waals surface area contributed by atoms with Crippen molar-refractivity contribution in [1.82, 2.24) is 14.9 Å². The van der Waals surface area contributed by atoms with E-state index in [0.29, 0.717) is 30.6 Å². The van der Waals surface area contributed by atoms with Crippen LogP contribution >= 0.6 is 0 Å². The van der Waals surface area contributed by atoms with E-state index in [9.17, 15) is 8.42 Å². The number of nitrogens with zero attached hydrogens (tertiary/aromatic N) is 1. The van der Waals surface area contributed by atoms with E-state index in [1.54, 1.807) is 12.1 Å². The molecular weight excluding hydrogens is 286 g/mol. The Hall–Kier alpha value is -0.950. The highest BCUT2D eigenvalue weighted by atomic mass is 32.2. The number of rotatable bonds is 9. The number of sulfonamides is 1. The maximum absolute atomic E-state index is 12.4. The maximum atomic E-state index is 12.4. The van der Waals surface area contributed by atoms with Crippen molar-refractivity contribution in [2.45, 2.75) is 38.3 Å². The SMILES string of the molecule is CCNCc1ccccc1S(=O)(=O)NCCN(C)C(C)C. The Morgan fingerprint density at radius 3 is 2.52 bits per heavy atom. The number of hydrogen-bond acceptors (Lipinski definition) is 4. The van der Waals surface area contributed by atoms with Gasteiger partial charge in [0.25, 0.3) is 0 Å². The molecule has 0 amide bonds. The molecule has 0 spiro atoms. The van der Waals surface area contributed by atoms with Crippen molar-refractivity contribution >= 4 is 10.0 Å². The molecule has 5 nitrogen and oxygen atoms in total. The summed E-state index contributed by atoms with van der Waals surface area (Å²) in [5.41, 5.74) is 0.795. The molecule has 2 N–H and O–H groups in total. The third-order valence-electron chi connectivity index (χ3n) is 3.47. The van der Waals surface area contributed by atoms with Crippen LogP contribution in [-0.4, -0.2) is 46.0 Å². The largest absolute Gasteiger partial charge is 0.313 e. The highest BCUT2D eigenvalue weighted by Gasteiger charge is 2.17. The molecule has 1 aromatic carbocycles. The first kappa shape index (κ1) is 18.1. The van der Waals surface area contributed by atoms with Gasteiger partial charge in [-0.2, -0.15) is 0 Å². The first-order valence-electron chi connectivity index (χ1n) is 7.37. The van der Waals surface area contributed by atoms with Crippen molar-refractivity contribution in [2.75, 3.05) is 26.7 Å². The molecule has 0 saturated carbocycles. The van der Waals surface area contributed by atoms with Crippen molar-refractivity contribution in [3.8, 4) is 0 Å². The maximum Gasteiger partial charge on any atom is 0.240 e. The fourth-order valence-corrected chi connectivity index (χ4v) is 3.12. The van der Waals surface area contributed by atoms with Crippen LogP contribution in [0.4, 0.5) is 0 Å². The second-order valence-corrected chi connectivity index (χ2v) is 7.10. The third kappa shape index (κ3) is 5.74. The fraction of sp³-hybridized carbons (Fsp3) is 0.600. The van der Waals surface area contributed by atoms with Crippen molar-refractivity contribution in [1.29, 1.82) is 0 Å². The lowest BCUT2D eigenvalue weighted by atomic mass is 10.2. The molecule has 0 bridgehead atoms. The fourth-order valence-electron chi connectivity index (χ4n) is 1.86. The van der Waals surface area contributed by atoms with Gasteiger partial charge in [0.05, 0.1) is 4.90 Å². The third-order valence-corrected chi connectivity index (χ3v) is 5.03. The van der Waals surface area contributed by atoms with Crippen molar-refractivity contribution < 1.29 is 8.42 Å². The van der Waals surface area contributed by atoms with Gasteiger partial charge < -0.3 is 10.2 Å². The molecule has 0 heterocycles. The standard InChI is InChI=1S/C15H27N3O2S/c1-5-16-12-14-8-6-7-9-15(14)21(19,20)17-10-11-18(4)13(2)3/h6-9,13,16-17H,5,10-12H2,1-4H3. The molecule has 21 heavy (non-hydrogen) atoms. The van der Waals surface area contributed by atoms with Crippen LogP contribution in [0.2, 0.25) is 0 Å². The lowest BCUT2D eigenvalue weighted by Gasteiger charge is -2.21. The summed E-state index contributed by atoms with van der Waals surface area (Å²) in [5.74, 6) is 0. The molecule has 0 unspecified atom stereocenters. The average molecular weight is 313 g/mol. The molecule has 120 valence electrons. The summed E-state index contributed by atoms with van der Waals surface area (Å²) in [6.07, 6.45) is 0. The predicted molar refractivity (Wildman–Crippen MR) is 86.8 cm³/mol. The zero-order valence-electron chi connectivity index (χ0n) is 13.4. The van der Waals surface area contributed by atoms with Crippen LogP contribution in [0.25, 0.3) is 0 Å². The Kier molecular flexibility index (Phi) is 7.31. The van der Waals surface area contributed by atoms with Gasteiger partial charge in [-0.05, 0) is 39.1 Å². The average Bonchev–Trinajstić information content (AvgIpc) is 2.45. The van der Waals surface area contributed by atoms with Crippen LogP contribution in [0, 0.1) is 0 Å². The summed E-state index contributed by atoms with van der Waals surface area (Å²) in [5, 5.41) is 3.17. The quantitative estimate of drug-likeness (QED) is 0.724. The topological polar surface area (TPSA) is 61.4 Å². The minimum atomic E-state index is -3.46. The lowest BCUT2D eigenvalue weighted by Crippen LogP contribution is -2.36. The molecule has 1 rings (SSSR count). The smallest absolute Gasteiger partial charge is 0.240 e. The van der Waals surface area contributed by atoms with E-state index in [2.05, 4.69) is 28.8 Å². The summed E-state index contributed by atoms with van der Waals surface area (Å²) in [6, 6.07) is 7.51. The Morgan fingerprint density at radius 1 is 1.24 bits per heavy atom. The molecule has 0 aliphatic heterocycles. The van der Waals surface area contributed by atoms with Crippen LogP contribution in [0.1, 0.15) is 26.3 Å². The van der Waals surface area contributed by atoms with E-state index < -0.39 is 10.0 Å². The first-order chi connectivity index (χ1) is 9.88. The minimum Gasteiger partial charge on any atom is -0.313 e. The van der Waals surface area contributed by atoms with Crippen LogP contribution < -0.4 is 10.0 Å². The molecule has 0 atom stereocenters. The molecule has 0 fully saturated rings. The van der Waals surface area contributed by atoms with Crippen molar-refractivity contribution in [3.63, 3.8) is 0 Å². The number of hydrogen-bond donors (Lipinski definition) is 2. The van der Waals surface area contributed by atoms with Crippen molar-refractivity contribution in [3.05, 3.63) is 29.8 Å². The highest BCUT2D eigenvalue weighted by molar-refractivity contribution is 7.89. The van der Waals surface area contributed by atoms with E-state index in [1.807, 2.05) is 26.1 Å². The lowest BCUT2D eigenvalue weighted by molar-refractivity contribution is 0.278. The number of benzene rings is 1. The Labute approximate surface area is 128 Å². The van der Waals surface area contributed by atoms with Gasteiger partial charge in [-0.1, -0.05) is 25.1 Å². The Bertz CT molecular complexity index is 529. The monoisotopic (exact) mass is 313 g/mol. The van der Waals surface area contributed by atoms with E-state index in [-0.39, 0.29) is 0 Å². The zero-order valence-corrected chi connectivity index (χ0v) is 14.2. The van der Waals surface area contributed by atoms with Crippen LogP contribution in [-0.2, 0) is 16.6 Å². The van der Waals surface area contributed by atoms with Gasteiger partial charge in [0.15, 0.2) is 0 Å². The molecule has 0 aromatic heterocycles. The molecule has 6 heteroatoms. The van der Waals surface area contributed by atoms with Crippen LogP contribution in [0.5, 0.6) is 0 Å². The molecule has 0 aliphatic carbocycles. The summed E-state index contributed by atoms with van der Waals surface area (Å²) in [4.78, 5) is 2.46. The van der Waals surface area contributed by atoms with Gasteiger partial charge >= 0.3 is 0 Å². The van der Waals surface area contributed by atoms with Gasteiger partial charge in [-0.15, -0.1) is 0 Å². The molecule has 0 aliphatic rings. The second kappa shape index (κ2) is 8.48. The van der Waals surface area contributed by atoms with Gasteiger partial charge in [0.2, 0.25) is 10.0 Å². The van der Waals surface area contributed by atoms with Crippen molar-refractivity contribution in [2.24, 2.45) is 0 Å². The van der Waals surface area contributed by atoms with E-state index in [0.717, 1.165) is 12.1 Å². The van der Waals surface area contributed by atoms with Gasteiger partial charge in [-0.25, -0.2) is 13.1 Å². The van der Waals surface area contributed by atoms with E-state index >= 15 is 0 Å². The Balaban J connectivity index is 2.74. The van der Waals surface area contributed by atoms with Crippen LogP contribution in [0.15, 0.2) is 29.2 Å². The van der Waals surface area contributed by atoms with Gasteiger partial charge in [0.1, 0.15) is 0 Å². The molecule has 1 aromatic rings. The number of likely N-dealkylation sites (N-methyl/N-ethyl adjacent to an activating group) is 1. The second-order valence-electron chi connectivity index (χ2n) is 5.36. The highest BCUT2D eigenvalue weighted by Crippen LogP contribution is 2.15. The molecule has 0 radical (unpaired) electrons. The van der Waals surface area contributed by atoms with Crippen LogP contribution in [0.3, 0.4) is 0 Å². The summed E-state index contributed by atoms with van der Waals surface area (Å²) in [6.45, 7) is 8.62. The normalized spacial score (nSPS) is 12.3. The molecular formula is C15H27N3O2S. The zero-order chi connectivity index (χ0) is 15.9. The summed E-state index contributed by atoms with van der Waals surface area (Å²) < 4.78 is 27.5. The van der Waals surface area contributed by atoms with E-state index in [1.165, 1.54) is 0 Å². The first-order valence-corrected chi connectivity index (χ1v) is 8.85.